The number of hydrogen-bond acceptors (Lipinski definition) is 0. The van der Waals surface area contributed by atoms with Gasteiger partial charge in [0.15, 0.2) is 0 Å². The van der Waals surface area contributed by atoms with Crippen molar-refractivity contribution in [1.29, 1.82) is 0 Å². The Morgan fingerprint density at radius 3 is 1.96 bits per heavy atom. The largest absolute Gasteiger partial charge is 0.291 e. The van der Waals surface area contributed by atoms with Crippen LogP contribution < -0.4 is 4.57 Å². The van der Waals surface area contributed by atoms with Crippen LogP contribution in [0.2, 0.25) is 0 Å². The van der Waals surface area contributed by atoms with E-state index >= 15 is 0 Å². The number of nitrogens with zero attached hydrogens (tertiary/aromatic N) is 1. The molecule has 2 aromatic carbocycles. The molecule has 1 N–H and O–H groups in total. The summed E-state index contributed by atoms with van der Waals surface area (Å²) in [7, 11) is 0. The molecule has 0 aliphatic carbocycles. The van der Waals surface area contributed by atoms with Crippen molar-refractivity contribution < 1.29 is 4.57 Å². The molecule has 0 fully saturated rings. The van der Waals surface area contributed by atoms with E-state index in [1.807, 2.05) is 6.20 Å². The average molecular weight is 305 g/mol. The lowest BCUT2D eigenvalue weighted by Gasteiger charge is -2.17. The fourth-order valence-electron chi connectivity index (χ4n) is 3.13. The minimum Gasteiger partial charge on any atom is -0.243 e. The molecule has 2 nitrogen and oxygen atoms in total. The van der Waals surface area contributed by atoms with Crippen LogP contribution in [0.5, 0.6) is 0 Å². The predicted molar refractivity (Wildman–Crippen MR) is 95.9 cm³/mol. The number of aromatic amines is 1. The molecule has 3 aromatic rings. The van der Waals surface area contributed by atoms with Crippen molar-refractivity contribution in [2.75, 3.05) is 0 Å². The summed E-state index contributed by atoms with van der Waals surface area (Å²) < 4.78 is 2.31. The number of aromatic nitrogens is 2. The minimum atomic E-state index is 0.481. The third-order valence-electron chi connectivity index (χ3n) is 4.32. The fourth-order valence-corrected chi connectivity index (χ4v) is 3.13. The van der Waals surface area contributed by atoms with Crippen LogP contribution in [-0.4, -0.2) is 4.98 Å². The molecular formula is C21H25N2+. The molecule has 1 aromatic heterocycles. The van der Waals surface area contributed by atoms with Gasteiger partial charge in [0.25, 0.3) is 5.82 Å². The molecule has 0 aliphatic rings. The summed E-state index contributed by atoms with van der Waals surface area (Å²) >= 11 is 0. The zero-order valence-corrected chi connectivity index (χ0v) is 14.4. The fraction of sp³-hybridized carbons (Fsp3) is 0.286. The van der Waals surface area contributed by atoms with E-state index in [9.17, 15) is 0 Å². The molecule has 23 heavy (non-hydrogen) atoms. The average Bonchev–Trinajstić information content (AvgIpc) is 3.04. The van der Waals surface area contributed by atoms with Crippen molar-refractivity contribution in [1.82, 2.24) is 4.98 Å². The van der Waals surface area contributed by atoms with Crippen LogP contribution in [0.15, 0.2) is 60.9 Å². The van der Waals surface area contributed by atoms with Crippen molar-refractivity contribution in [3.63, 3.8) is 0 Å². The number of nitrogens with one attached hydrogen (secondary N) is 1. The third-order valence-corrected chi connectivity index (χ3v) is 4.32. The lowest BCUT2D eigenvalue weighted by molar-refractivity contribution is -0.583. The Balaban J connectivity index is 2.26. The first-order valence-corrected chi connectivity index (χ1v) is 8.37. The maximum atomic E-state index is 3.42. The molecule has 1 heterocycles. The van der Waals surface area contributed by atoms with Crippen LogP contribution in [-0.2, 0) is 0 Å². The highest BCUT2D eigenvalue weighted by Crippen LogP contribution is 2.29. The third kappa shape index (κ3) is 2.94. The van der Waals surface area contributed by atoms with Crippen LogP contribution in [0.4, 0.5) is 0 Å². The van der Waals surface area contributed by atoms with Crippen LogP contribution in [0.3, 0.4) is 0 Å². The molecule has 0 radical (unpaired) electrons. The second-order valence-corrected chi connectivity index (χ2v) is 6.64. The molecule has 0 saturated heterocycles. The van der Waals surface area contributed by atoms with E-state index in [1.54, 1.807) is 0 Å². The predicted octanol–water partition coefficient (Wildman–Crippen LogP) is 5.21. The molecule has 3 rings (SSSR count). The van der Waals surface area contributed by atoms with Gasteiger partial charge in [-0.15, -0.1) is 0 Å². The van der Waals surface area contributed by atoms with Gasteiger partial charge in [-0.25, -0.2) is 4.98 Å². The maximum absolute atomic E-state index is 3.42. The lowest BCUT2D eigenvalue weighted by Crippen LogP contribution is -2.34. The molecule has 2 heteroatoms. The monoisotopic (exact) mass is 305 g/mol. The highest BCUT2D eigenvalue weighted by Gasteiger charge is 2.23. The first-order valence-electron chi connectivity index (χ1n) is 8.37. The first kappa shape index (κ1) is 15.5. The van der Waals surface area contributed by atoms with Crippen LogP contribution in [0.25, 0.3) is 17.1 Å². The van der Waals surface area contributed by atoms with Gasteiger partial charge >= 0.3 is 0 Å². The zero-order chi connectivity index (χ0) is 16.4. The number of H-pyrrole nitrogens is 1. The Bertz CT molecular complexity index is 756. The second-order valence-electron chi connectivity index (χ2n) is 6.64. The van der Waals surface area contributed by atoms with Gasteiger partial charge in [-0.1, -0.05) is 64.1 Å². The van der Waals surface area contributed by atoms with E-state index in [2.05, 4.69) is 92.0 Å². The molecule has 0 unspecified atom stereocenters. The van der Waals surface area contributed by atoms with Gasteiger partial charge < -0.3 is 0 Å². The van der Waals surface area contributed by atoms with Gasteiger partial charge in [0.2, 0.25) is 0 Å². The van der Waals surface area contributed by atoms with Gasteiger partial charge in [0, 0.05) is 11.1 Å². The van der Waals surface area contributed by atoms with Crippen LogP contribution in [0, 0.1) is 0 Å². The summed E-state index contributed by atoms with van der Waals surface area (Å²) in [6.45, 7) is 9.05. The summed E-state index contributed by atoms with van der Waals surface area (Å²) in [6.07, 6.45) is 4.15. The van der Waals surface area contributed by atoms with Crippen molar-refractivity contribution in [3.05, 3.63) is 72.1 Å². The van der Waals surface area contributed by atoms with Crippen LogP contribution >= 0.6 is 0 Å². The van der Waals surface area contributed by atoms with Gasteiger partial charge in [-0.2, -0.15) is 4.57 Å². The molecule has 0 amide bonds. The molecular weight excluding hydrogens is 280 g/mol. The summed E-state index contributed by atoms with van der Waals surface area (Å²) in [4.78, 5) is 3.42. The van der Waals surface area contributed by atoms with Crippen molar-refractivity contribution in [2.24, 2.45) is 0 Å². The number of benzene rings is 2. The van der Waals surface area contributed by atoms with Crippen molar-refractivity contribution >= 4 is 0 Å². The Morgan fingerprint density at radius 2 is 1.39 bits per heavy atom. The van der Waals surface area contributed by atoms with E-state index < -0.39 is 0 Å². The Kier molecular flexibility index (Phi) is 4.33. The Morgan fingerprint density at radius 1 is 0.783 bits per heavy atom. The zero-order valence-electron chi connectivity index (χ0n) is 14.4. The van der Waals surface area contributed by atoms with Gasteiger partial charge in [0.1, 0.15) is 18.1 Å². The van der Waals surface area contributed by atoms with Gasteiger partial charge in [0.05, 0.1) is 5.56 Å². The highest BCUT2D eigenvalue weighted by atomic mass is 15.1. The molecule has 118 valence electrons. The number of hydrogen-bond donors (Lipinski definition) is 1. The van der Waals surface area contributed by atoms with E-state index in [4.69, 9.17) is 0 Å². The summed E-state index contributed by atoms with van der Waals surface area (Å²) in [6, 6.07) is 17.2. The van der Waals surface area contributed by atoms with E-state index in [0.717, 1.165) is 5.82 Å². The van der Waals surface area contributed by atoms with E-state index in [1.165, 1.54) is 22.4 Å². The van der Waals surface area contributed by atoms with Crippen LogP contribution in [0.1, 0.15) is 50.7 Å². The van der Waals surface area contributed by atoms with Crippen molar-refractivity contribution in [2.45, 2.75) is 39.5 Å². The summed E-state index contributed by atoms with van der Waals surface area (Å²) in [5, 5.41) is 0. The molecule has 0 bridgehead atoms. The quantitative estimate of drug-likeness (QED) is 0.639. The maximum Gasteiger partial charge on any atom is 0.291 e. The molecule has 0 saturated carbocycles. The Hall–Kier alpha value is -2.35. The van der Waals surface area contributed by atoms with Gasteiger partial charge in [-0.3, -0.25) is 0 Å². The summed E-state index contributed by atoms with van der Waals surface area (Å²) in [5.41, 5.74) is 5.29. The standard InChI is InChI=1S/C21H24N2/c1-15(2)18-11-8-12-19(16(3)4)20(18)23-14-13-22-21(23)17-9-6-5-7-10-17/h5-16H,1-4H3/p+1. The minimum absolute atomic E-state index is 0.481. The highest BCUT2D eigenvalue weighted by molar-refractivity contribution is 5.54. The Labute approximate surface area is 138 Å². The number of rotatable bonds is 4. The molecule has 0 aliphatic heterocycles. The van der Waals surface area contributed by atoms with E-state index in [0.29, 0.717) is 11.8 Å². The SMILES string of the molecule is CC(C)c1cccc(C(C)C)c1-[n+]1cc[nH]c1-c1ccccc1. The van der Waals surface area contributed by atoms with Crippen molar-refractivity contribution in [3.8, 4) is 17.1 Å². The molecule has 0 spiro atoms. The topological polar surface area (TPSA) is 19.7 Å². The number of para-hydroxylation sites is 1. The summed E-state index contributed by atoms with van der Waals surface area (Å²) in [5.74, 6) is 2.09. The lowest BCUT2D eigenvalue weighted by atomic mass is 9.92. The first-order chi connectivity index (χ1) is 11.1. The smallest absolute Gasteiger partial charge is 0.243 e. The normalized spacial score (nSPS) is 11.4. The molecule has 0 atom stereocenters. The number of imidazole rings is 1. The van der Waals surface area contributed by atoms with E-state index in [-0.39, 0.29) is 0 Å². The van der Waals surface area contributed by atoms with Gasteiger partial charge in [-0.05, 0) is 24.0 Å². The second kappa shape index (κ2) is 6.41.